The molecular weight excluding hydrogens is 350 g/mol. The van der Waals surface area contributed by atoms with E-state index in [4.69, 9.17) is 4.74 Å². The molecule has 7 nitrogen and oxygen atoms in total. The topological polar surface area (TPSA) is 98.8 Å². The first-order valence-corrected chi connectivity index (χ1v) is 8.70. The molecule has 0 fully saturated rings. The average molecular weight is 371 g/mol. The molecule has 3 rings (SSSR count). The first kappa shape index (κ1) is 18.8. The highest BCUT2D eigenvalue weighted by molar-refractivity contribution is 6.11. The van der Waals surface area contributed by atoms with E-state index in [0.717, 1.165) is 5.56 Å². The SMILES string of the molecule is COC(=O)c1ccc([C@@H]2CC(=O)NC3=C2C(=O)[C@H](C(=O)OC)[C@H](C)C3)cc1. The number of ether oxygens (including phenoxy) is 2. The number of hydrogen-bond donors (Lipinski definition) is 1. The minimum absolute atomic E-state index is 0.102. The van der Waals surface area contributed by atoms with Crippen LogP contribution in [0.5, 0.6) is 0 Å². The lowest BCUT2D eigenvalue weighted by atomic mass is 9.70. The summed E-state index contributed by atoms with van der Waals surface area (Å²) < 4.78 is 9.49. The van der Waals surface area contributed by atoms with E-state index in [0.29, 0.717) is 23.3 Å². The second-order valence-electron chi connectivity index (χ2n) is 6.86. The van der Waals surface area contributed by atoms with Gasteiger partial charge in [0.25, 0.3) is 0 Å². The lowest BCUT2D eigenvalue weighted by Crippen LogP contribution is -2.44. The summed E-state index contributed by atoms with van der Waals surface area (Å²) in [6.07, 6.45) is 0.522. The summed E-state index contributed by atoms with van der Waals surface area (Å²) in [6, 6.07) is 6.61. The van der Waals surface area contributed by atoms with Crippen LogP contribution in [0.25, 0.3) is 0 Å². The van der Waals surface area contributed by atoms with Crippen LogP contribution in [-0.4, -0.2) is 37.8 Å². The zero-order valence-corrected chi connectivity index (χ0v) is 15.4. The van der Waals surface area contributed by atoms with Gasteiger partial charge in [0.05, 0.1) is 19.8 Å². The van der Waals surface area contributed by atoms with E-state index >= 15 is 0 Å². The number of Topliss-reactive ketones (excluding diaryl/α,β-unsaturated/α-hetero) is 1. The Morgan fingerprint density at radius 3 is 2.30 bits per heavy atom. The number of benzene rings is 1. The fraction of sp³-hybridized carbons (Fsp3) is 0.400. The Labute approximate surface area is 156 Å². The van der Waals surface area contributed by atoms with Crippen LogP contribution >= 0.6 is 0 Å². The van der Waals surface area contributed by atoms with Gasteiger partial charge in [0.2, 0.25) is 5.91 Å². The summed E-state index contributed by atoms with van der Waals surface area (Å²) >= 11 is 0. The van der Waals surface area contributed by atoms with Crippen molar-refractivity contribution in [2.75, 3.05) is 14.2 Å². The second-order valence-corrected chi connectivity index (χ2v) is 6.86. The molecule has 0 bridgehead atoms. The van der Waals surface area contributed by atoms with E-state index < -0.39 is 23.8 Å². The van der Waals surface area contributed by atoms with Crippen molar-refractivity contribution in [3.8, 4) is 0 Å². The molecule has 0 saturated carbocycles. The number of nitrogens with one attached hydrogen (secondary N) is 1. The smallest absolute Gasteiger partial charge is 0.337 e. The quantitative estimate of drug-likeness (QED) is 0.642. The van der Waals surface area contributed by atoms with E-state index in [9.17, 15) is 19.2 Å². The number of carbonyl (C=O) groups is 4. The third kappa shape index (κ3) is 3.37. The third-order valence-electron chi connectivity index (χ3n) is 5.19. The van der Waals surface area contributed by atoms with Gasteiger partial charge in [-0.25, -0.2) is 4.79 Å². The summed E-state index contributed by atoms with van der Waals surface area (Å²) in [5.41, 5.74) is 2.14. The molecule has 1 heterocycles. The standard InChI is InChI=1S/C20H21NO6/c1-10-8-14-17(18(23)16(10)20(25)27-3)13(9-15(22)21-14)11-4-6-12(7-5-11)19(24)26-2/h4-7,10,13,16H,8-9H2,1-3H3,(H,21,22)/t10-,13+,16-/m1/s1. The van der Waals surface area contributed by atoms with Gasteiger partial charge in [-0.1, -0.05) is 19.1 Å². The molecule has 0 saturated heterocycles. The van der Waals surface area contributed by atoms with Gasteiger partial charge in [0, 0.05) is 23.6 Å². The van der Waals surface area contributed by atoms with Gasteiger partial charge < -0.3 is 14.8 Å². The van der Waals surface area contributed by atoms with Crippen molar-refractivity contribution in [3.05, 3.63) is 46.7 Å². The van der Waals surface area contributed by atoms with Crippen LogP contribution in [0.15, 0.2) is 35.5 Å². The van der Waals surface area contributed by atoms with E-state index in [-0.39, 0.29) is 24.0 Å². The normalized spacial score (nSPS) is 24.8. The maximum atomic E-state index is 13.1. The number of esters is 2. The molecule has 142 valence electrons. The Kier molecular flexibility index (Phi) is 5.12. The monoisotopic (exact) mass is 371 g/mol. The number of allylic oxidation sites excluding steroid dienone is 2. The first-order chi connectivity index (χ1) is 12.9. The Morgan fingerprint density at radius 1 is 1.04 bits per heavy atom. The highest BCUT2D eigenvalue weighted by atomic mass is 16.5. The van der Waals surface area contributed by atoms with E-state index in [1.54, 1.807) is 31.2 Å². The largest absolute Gasteiger partial charge is 0.468 e. The Balaban J connectivity index is 2.01. The van der Waals surface area contributed by atoms with Crippen LogP contribution in [0.4, 0.5) is 0 Å². The molecule has 1 aromatic carbocycles. The molecular formula is C20H21NO6. The van der Waals surface area contributed by atoms with Crippen LogP contribution < -0.4 is 5.32 Å². The summed E-state index contributed by atoms with van der Waals surface area (Å²) in [5, 5.41) is 2.79. The zero-order valence-electron chi connectivity index (χ0n) is 15.4. The van der Waals surface area contributed by atoms with Crippen LogP contribution in [0, 0.1) is 11.8 Å². The van der Waals surface area contributed by atoms with Gasteiger partial charge in [-0.3, -0.25) is 14.4 Å². The first-order valence-electron chi connectivity index (χ1n) is 8.70. The van der Waals surface area contributed by atoms with Crippen molar-refractivity contribution in [1.82, 2.24) is 5.32 Å². The van der Waals surface area contributed by atoms with E-state index in [1.807, 2.05) is 0 Å². The summed E-state index contributed by atoms with van der Waals surface area (Å²) in [4.78, 5) is 49.0. The molecule has 27 heavy (non-hydrogen) atoms. The Hall–Kier alpha value is -2.96. The number of methoxy groups -OCH3 is 2. The third-order valence-corrected chi connectivity index (χ3v) is 5.19. The summed E-state index contributed by atoms with van der Waals surface area (Å²) in [7, 11) is 2.56. The molecule has 1 aromatic rings. The highest BCUT2D eigenvalue weighted by Crippen LogP contribution is 2.42. The zero-order chi connectivity index (χ0) is 19.7. The maximum absolute atomic E-state index is 13.1. The second kappa shape index (κ2) is 7.34. The number of carbonyl (C=O) groups excluding carboxylic acids is 4. The van der Waals surface area contributed by atoms with Gasteiger partial charge >= 0.3 is 11.9 Å². The molecule has 7 heteroatoms. The minimum atomic E-state index is -0.874. The Morgan fingerprint density at radius 2 is 1.70 bits per heavy atom. The van der Waals surface area contributed by atoms with Crippen molar-refractivity contribution in [3.63, 3.8) is 0 Å². The number of amides is 1. The predicted molar refractivity (Wildman–Crippen MR) is 94.6 cm³/mol. The van der Waals surface area contributed by atoms with E-state index in [1.165, 1.54) is 14.2 Å². The molecule has 1 aliphatic carbocycles. The molecule has 3 atom stereocenters. The summed E-state index contributed by atoms with van der Waals surface area (Å²) in [5.74, 6) is -3.10. The molecule has 2 aliphatic rings. The maximum Gasteiger partial charge on any atom is 0.337 e. The number of hydrogen-bond acceptors (Lipinski definition) is 6. The molecule has 0 unspecified atom stereocenters. The van der Waals surface area contributed by atoms with Gasteiger partial charge in [-0.2, -0.15) is 0 Å². The lowest BCUT2D eigenvalue weighted by Gasteiger charge is -2.36. The fourth-order valence-corrected chi connectivity index (χ4v) is 3.85. The Bertz CT molecular complexity index is 839. The highest BCUT2D eigenvalue weighted by Gasteiger charge is 2.45. The van der Waals surface area contributed by atoms with Crippen LogP contribution in [0.1, 0.15) is 41.6 Å². The van der Waals surface area contributed by atoms with Gasteiger partial charge in [-0.15, -0.1) is 0 Å². The van der Waals surface area contributed by atoms with Crippen molar-refractivity contribution in [2.45, 2.75) is 25.7 Å². The van der Waals surface area contributed by atoms with Crippen molar-refractivity contribution < 1.29 is 28.7 Å². The molecule has 1 N–H and O–H groups in total. The van der Waals surface area contributed by atoms with Crippen molar-refractivity contribution >= 4 is 23.6 Å². The minimum Gasteiger partial charge on any atom is -0.468 e. The molecule has 1 amide bonds. The van der Waals surface area contributed by atoms with Gasteiger partial charge in [0.1, 0.15) is 5.92 Å². The molecule has 0 aromatic heterocycles. The molecule has 0 radical (unpaired) electrons. The number of rotatable bonds is 3. The van der Waals surface area contributed by atoms with Crippen LogP contribution in [0.3, 0.4) is 0 Å². The molecule has 0 spiro atoms. The van der Waals surface area contributed by atoms with Crippen molar-refractivity contribution in [1.29, 1.82) is 0 Å². The van der Waals surface area contributed by atoms with Crippen molar-refractivity contribution in [2.24, 2.45) is 11.8 Å². The fourth-order valence-electron chi connectivity index (χ4n) is 3.85. The van der Waals surface area contributed by atoms with Crippen LogP contribution in [0.2, 0.25) is 0 Å². The molecule has 1 aliphatic heterocycles. The predicted octanol–water partition coefficient (Wildman–Crippen LogP) is 1.73. The van der Waals surface area contributed by atoms with Gasteiger partial charge in [0.15, 0.2) is 5.78 Å². The lowest BCUT2D eigenvalue weighted by molar-refractivity contribution is -0.151. The van der Waals surface area contributed by atoms with Crippen LogP contribution in [-0.2, 0) is 23.9 Å². The summed E-state index contributed by atoms with van der Waals surface area (Å²) in [6.45, 7) is 1.80. The average Bonchev–Trinajstić information content (AvgIpc) is 2.66. The van der Waals surface area contributed by atoms with E-state index in [2.05, 4.69) is 10.1 Å². The van der Waals surface area contributed by atoms with Gasteiger partial charge in [-0.05, 0) is 30.0 Å². The number of ketones is 1.